The van der Waals surface area contributed by atoms with Crippen molar-refractivity contribution in [3.8, 4) is 0 Å². The van der Waals surface area contributed by atoms with Gasteiger partial charge in [0.1, 0.15) is 0 Å². The lowest BCUT2D eigenvalue weighted by molar-refractivity contribution is -0.123. The monoisotopic (exact) mass is 156 g/mol. The lowest BCUT2D eigenvalue weighted by Gasteiger charge is -2.00. The van der Waals surface area contributed by atoms with E-state index in [4.69, 9.17) is 0 Å². The molecule has 1 N–H and O–H groups in total. The molecule has 0 aliphatic carbocycles. The van der Waals surface area contributed by atoms with Crippen LogP contribution >= 0.6 is 0 Å². The van der Waals surface area contributed by atoms with E-state index in [2.05, 4.69) is 17.5 Å². The summed E-state index contributed by atoms with van der Waals surface area (Å²) in [6.07, 6.45) is 3.69. The Labute approximate surface area is 67.9 Å². The number of unbranched alkanes of at least 4 members (excludes halogenated alkanes) is 1. The second kappa shape index (κ2) is 5.89. The van der Waals surface area contributed by atoms with Crippen molar-refractivity contribution in [3.63, 3.8) is 0 Å². The molecular formula is C8H16N2O. The highest BCUT2D eigenvalue weighted by atomic mass is 16.2. The molecule has 0 aromatic heterocycles. The zero-order valence-corrected chi connectivity index (χ0v) is 7.42. The van der Waals surface area contributed by atoms with Crippen LogP contribution in [0.25, 0.3) is 0 Å². The SMILES string of the molecule is CCC/C=N/NC(=O)C(C)C. The molecule has 0 atom stereocenters. The van der Waals surface area contributed by atoms with E-state index in [0.29, 0.717) is 0 Å². The molecule has 0 saturated heterocycles. The van der Waals surface area contributed by atoms with Gasteiger partial charge in [0, 0.05) is 12.1 Å². The van der Waals surface area contributed by atoms with Gasteiger partial charge in [0.05, 0.1) is 0 Å². The molecule has 1 amide bonds. The second-order valence-corrected chi connectivity index (χ2v) is 2.73. The van der Waals surface area contributed by atoms with Crippen molar-refractivity contribution in [3.05, 3.63) is 0 Å². The van der Waals surface area contributed by atoms with Gasteiger partial charge in [-0.1, -0.05) is 27.2 Å². The molecule has 0 rings (SSSR count). The third-order valence-corrected chi connectivity index (χ3v) is 1.21. The van der Waals surface area contributed by atoms with E-state index in [0.717, 1.165) is 12.8 Å². The van der Waals surface area contributed by atoms with Crippen LogP contribution in [0.1, 0.15) is 33.6 Å². The van der Waals surface area contributed by atoms with Crippen molar-refractivity contribution in [1.82, 2.24) is 5.43 Å². The number of rotatable bonds is 4. The quantitative estimate of drug-likeness (QED) is 0.487. The van der Waals surface area contributed by atoms with Gasteiger partial charge in [-0.15, -0.1) is 0 Å². The smallest absolute Gasteiger partial charge is 0.242 e. The van der Waals surface area contributed by atoms with Gasteiger partial charge in [-0.05, 0) is 6.42 Å². The normalized spacial score (nSPS) is 10.9. The molecule has 11 heavy (non-hydrogen) atoms. The largest absolute Gasteiger partial charge is 0.273 e. The molecule has 0 spiro atoms. The summed E-state index contributed by atoms with van der Waals surface area (Å²) >= 11 is 0. The fourth-order valence-electron chi connectivity index (χ4n) is 0.432. The van der Waals surface area contributed by atoms with Crippen LogP contribution in [0.4, 0.5) is 0 Å². The van der Waals surface area contributed by atoms with E-state index in [-0.39, 0.29) is 11.8 Å². The van der Waals surface area contributed by atoms with Crippen LogP contribution in [0.15, 0.2) is 5.10 Å². The topological polar surface area (TPSA) is 41.5 Å². The molecular weight excluding hydrogens is 140 g/mol. The number of hydrogen-bond donors (Lipinski definition) is 1. The maximum atomic E-state index is 10.9. The molecule has 0 unspecified atom stereocenters. The molecule has 3 nitrogen and oxygen atoms in total. The van der Waals surface area contributed by atoms with E-state index < -0.39 is 0 Å². The van der Waals surface area contributed by atoms with Gasteiger partial charge in [-0.3, -0.25) is 4.79 Å². The summed E-state index contributed by atoms with van der Waals surface area (Å²) in [5, 5.41) is 3.76. The van der Waals surface area contributed by atoms with Crippen molar-refractivity contribution in [2.75, 3.05) is 0 Å². The number of carbonyl (C=O) groups excluding carboxylic acids is 1. The highest BCUT2D eigenvalue weighted by Crippen LogP contribution is 1.89. The number of hydrazone groups is 1. The van der Waals surface area contributed by atoms with Gasteiger partial charge in [0.15, 0.2) is 0 Å². The Morgan fingerprint density at radius 3 is 2.73 bits per heavy atom. The van der Waals surface area contributed by atoms with E-state index in [1.54, 1.807) is 6.21 Å². The van der Waals surface area contributed by atoms with Crippen molar-refractivity contribution in [2.24, 2.45) is 11.0 Å². The summed E-state index contributed by atoms with van der Waals surface area (Å²) in [5.41, 5.74) is 2.45. The Morgan fingerprint density at radius 2 is 2.27 bits per heavy atom. The predicted molar refractivity (Wildman–Crippen MR) is 46.4 cm³/mol. The molecule has 0 aromatic rings. The standard InChI is InChI=1S/C8H16N2O/c1-4-5-6-9-10-8(11)7(2)3/h6-7H,4-5H2,1-3H3,(H,10,11)/b9-6+. The van der Waals surface area contributed by atoms with Crippen molar-refractivity contribution in [2.45, 2.75) is 33.6 Å². The Bertz CT molecular complexity index is 141. The first-order valence-corrected chi connectivity index (χ1v) is 3.99. The molecule has 0 bridgehead atoms. The van der Waals surface area contributed by atoms with Crippen LogP contribution in [0.5, 0.6) is 0 Å². The predicted octanol–water partition coefficient (Wildman–Crippen LogP) is 1.54. The minimum absolute atomic E-state index is 0.00813. The molecule has 64 valence electrons. The van der Waals surface area contributed by atoms with Crippen LogP contribution in [0.2, 0.25) is 0 Å². The minimum atomic E-state index is -0.0302. The second-order valence-electron chi connectivity index (χ2n) is 2.73. The summed E-state index contributed by atoms with van der Waals surface area (Å²) in [6.45, 7) is 5.74. The molecule has 0 fully saturated rings. The Morgan fingerprint density at radius 1 is 1.64 bits per heavy atom. The zero-order chi connectivity index (χ0) is 8.69. The number of nitrogens with one attached hydrogen (secondary N) is 1. The fraction of sp³-hybridized carbons (Fsp3) is 0.750. The fourth-order valence-corrected chi connectivity index (χ4v) is 0.432. The number of hydrogen-bond acceptors (Lipinski definition) is 2. The lowest BCUT2D eigenvalue weighted by atomic mass is 10.2. The van der Waals surface area contributed by atoms with Crippen LogP contribution in [-0.4, -0.2) is 12.1 Å². The molecule has 0 saturated carbocycles. The molecule has 0 aromatic carbocycles. The molecule has 0 radical (unpaired) electrons. The lowest BCUT2D eigenvalue weighted by Crippen LogP contribution is -2.22. The van der Waals surface area contributed by atoms with Gasteiger partial charge in [0.25, 0.3) is 0 Å². The molecule has 0 aliphatic heterocycles. The first kappa shape index (κ1) is 10.1. The number of carbonyl (C=O) groups is 1. The average Bonchev–Trinajstić information content (AvgIpc) is 1.97. The third kappa shape index (κ3) is 5.58. The van der Waals surface area contributed by atoms with Gasteiger partial charge >= 0.3 is 0 Å². The Balaban J connectivity index is 3.45. The Kier molecular flexibility index (Phi) is 5.43. The maximum absolute atomic E-state index is 10.9. The van der Waals surface area contributed by atoms with E-state index in [1.807, 2.05) is 13.8 Å². The van der Waals surface area contributed by atoms with Crippen LogP contribution in [0, 0.1) is 5.92 Å². The van der Waals surface area contributed by atoms with Crippen LogP contribution < -0.4 is 5.43 Å². The summed E-state index contributed by atoms with van der Waals surface area (Å²) in [6, 6.07) is 0. The summed E-state index contributed by atoms with van der Waals surface area (Å²) in [7, 11) is 0. The first-order valence-electron chi connectivity index (χ1n) is 3.99. The number of amides is 1. The van der Waals surface area contributed by atoms with Gasteiger partial charge in [0.2, 0.25) is 5.91 Å². The molecule has 0 aliphatic rings. The van der Waals surface area contributed by atoms with E-state index >= 15 is 0 Å². The number of nitrogens with zero attached hydrogens (tertiary/aromatic N) is 1. The third-order valence-electron chi connectivity index (χ3n) is 1.21. The van der Waals surface area contributed by atoms with Crippen molar-refractivity contribution in [1.29, 1.82) is 0 Å². The minimum Gasteiger partial charge on any atom is -0.273 e. The molecule has 3 heteroatoms. The van der Waals surface area contributed by atoms with Crippen molar-refractivity contribution < 1.29 is 4.79 Å². The van der Waals surface area contributed by atoms with Gasteiger partial charge in [-0.2, -0.15) is 5.10 Å². The summed E-state index contributed by atoms with van der Waals surface area (Å²) in [4.78, 5) is 10.9. The highest BCUT2D eigenvalue weighted by molar-refractivity contribution is 5.78. The Hall–Kier alpha value is -0.860. The van der Waals surface area contributed by atoms with Gasteiger partial charge in [-0.25, -0.2) is 5.43 Å². The highest BCUT2D eigenvalue weighted by Gasteiger charge is 2.02. The van der Waals surface area contributed by atoms with E-state index in [9.17, 15) is 4.79 Å². The van der Waals surface area contributed by atoms with Crippen molar-refractivity contribution >= 4 is 12.1 Å². The van der Waals surface area contributed by atoms with E-state index in [1.165, 1.54) is 0 Å². The zero-order valence-electron chi connectivity index (χ0n) is 7.42. The maximum Gasteiger partial charge on any atom is 0.242 e. The average molecular weight is 156 g/mol. The summed E-state index contributed by atoms with van der Waals surface area (Å²) < 4.78 is 0. The van der Waals surface area contributed by atoms with Crippen LogP contribution in [-0.2, 0) is 4.79 Å². The van der Waals surface area contributed by atoms with Gasteiger partial charge < -0.3 is 0 Å². The molecule has 0 heterocycles. The van der Waals surface area contributed by atoms with Crippen LogP contribution in [0.3, 0.4) is 0 Å². The summed E-state index contributed by atoms with van der Waals surface area (Å²) in [5.74, 6) is -0.0221. The first-order chi connectivity index (χ1) is 5.18.